The Kier molecular flexibility index (Phi) is 4.08. The SMILES string of the molecule is CN(Cc1ccccc1Cl)c1ccc2nnc(C3CCCO3)n2n1. The molecule has 6 nitrogen and oxygen atoms in total. The Hall–Kier alpha value is -2.18. The largest absolute Gasteiger partial charge is 0.370 e. The second-order valence-electron chi connectivity index (χ2n) is 5.97. The number of hydrogen-bond acceptors (Lipinski definition) is 5. The lowest BCUT2D eigenvalue weighted by molar-refractivity contribution is 0.103. The summed E-state index contributed by atoms with van der Waals surface area (Å²) in [6, 6.07) is 11.7. The number of nitrogens with zero attached hydrogens (tertiary/aromatic N) is 5. The molecular formula is C17H18ClN5O. The molecule has 0 saturated carbocycles. The highest BCUT2D eigenvalue weighted by Gasteiger charge is 2.24. The van der Waals surface area contributed by atoms with E-state index in [2.05, 4.69) is 15.1 Å². The molecule has 1 unspecified atom stereocenters. The third-order valence-electron chi connectivity index (χ3n) is 4.25. The molecule has 1 aliphatic heterocycles. The fraction of sp³-hybridized carbons (Fsp3) is 0.353. The van der Waals surface area contributed by atoms with Gasteiger partial charge in [0.1, 0.15) is 11.9 Å². The number of aromatic nitrogens is 4. The number of hydrogen-bond donors (Lipinski definition) is 0. The van der Waals surface area contributed by atoms with Crippen molar-refractivity contribution in [2.75, 3.05) is 18.6 Å². The summed E-state index contributed by atoms with van der Waals surface area (Å²) in [7, 11) is 1.99. The Balaban J connectivity index is 1.64. The second-order valence-corrected chi connectivity index (χ2v) is 6.38. The molecule has 1 fully saturated rings. The lowest BCUT2D eigenvalue weighted by Gasteiger charge is -2.19. The van der Waals surface area contributed by atoms with Gasteiger partial charge in [0.15, 0.2) is 11.5 Å². The zero-order valence-electron chi connectivity index (χ0n) is 13.4. The molecular weight excluding hydrogens is 326 g/mol. The molecule has 2 aromatic heterocycles. The third-order valence-corrected chi connectivity index (χ3v) is 4.62. The number of ether oxygens (including phenoxy) is 1. The van der Waals surface area contributed by atoms with Crippen molar-refractivity contribution in [3.05, 3.63) is 52.8 Å². The van der Waals surface area contributed by atoms with Crippen LogP contribution in [-0.4, -0.2) is 33.5 Å². The maximum Gasteiger partial charge on any atom is 0.183 e. The van der Waals surface area contributed by atoms with Crippen LogP contribution in [0, 0.1) is 0 Å². The molecule has 7 heteroatoms. The van der Waals surface area contributed by atoms with Crippen LogP contribution in [0.1, 0.15) is 30.3 Å². The Morgan fingerprint density at radius 3 is 2.92 bits per heavy atom. The number of rotatable bonds is 4. The monoisotopic (exact) mass is 343 g/mol. The van der Waals surface area contributed by atoms with E-state index in [1.165, 1.54) is 0 Å². The number of benzene rings is 1. The summed E-state index contributed by atoms with van der Waals surface area (Å²) in [6.45, 7) is 1.45. The van der Waals surface area contributed by atoms with Crippen LogP contribution in [0.3, 0.4) is 0 Å². The van der Waals surface area contributed by atoms with Crippen molar-refractivity contribution < 1.29 is 4.74 Å². The molecule has 0 spiro atoms. The highest BCUT2D eigenvalue weighted by atomic mass is 35.5. The van der Waals surface area contributed by atoms with E-state index in [1.54, 1.807) is 4.52 Å². The van der Waals surface area contributed by atoms with Gasteiger partial charge in [0.2, 0.25) is 0 Å². The van der Waals surface area contributed by atoms with E-state index in [9.17, 15) is 0 Å². The van der Waals surface area contributed by atoms with Crippen LogP contribution in [-0.2, 0) is 11.3 Å². The van der Waals surface area contributed by atoms with Crippen molar-refractivity contribution in [3.63, 3.8) is 0 Å². The molecule has 0 amide bonds. The quantitative estimate of drug-likeness (QED) is 0.727. The molecule has 1 aliphatic rings. The van der Waals surface area contributed by atoms with Gasteiger partial charge in [-0.15, -0.1) is 15.3 Å². The molecule has 124 valence electrons. The summed E-state index contributed by atoms with van der Waals surface area (Å²) in [5.41, 5.74) is 1.79. The van der Waals surface area contributed by atoms with Crippen LogP contribution in [0.5, 0.6) is 0 Å². The Morgan fingerprint density at radius 1 is 1.25 bits per heavy atom. The predicted molar refractivity (Wildman–Crippen MR) is 92.3 cm³/mol. The van der Waals surface area contributed by atoms with E-state index in [-0.39, 0.29) is 6.10 Å². The summed E-state index contributed by atoms with van der Waals surface area (Å²) < 4.78 is 7.51. The number of anilines is 1. The first-order valence-electron chi connectivity index (χ1n) is 8.01. The summed E-state index contributed by atoms with van der Waals surface area (Å²) in [6.07, 6.45) is 1.99. The normalized spacial score (nSPS) is 17.5. The molecule has 3 aromatic rings. The minimum absolute atomic E-state index is 0.0170. The van der Waals surface area contributed by atoms with Gasteiger partial charge in [-0.3, -0.25) is 0 Å². The van der Waals surface area contributed by atoms with Crippen LogP contribution in [0.15, 0.2) is 36.4 Å². The first-order valence-corrected chi connectivity index (χ1v) is 8.38. The van der Waals surface area contributed by atoms with Gasteiger partial charge in [0.05, 0.1) is 0 Å². The molecule has 0 aliphatic carbocycles. The number of fused-ring (bicyclic) bond motifs is 1. The Morgan fingerprint density at radius 2 is 2.12 bits per heavy atom. The van der Waals surface area contributed by atoms with Gasteiger partial charge >= 0.3 is 0 Å². The molecule has 24 heavy (non-hydrogen) atoms. The Bertz CT molecular complexity index is 859. The molecule has 4 rings (SSSR count). The summed E-state index contributed by atoms with van der Waals surface area (Å²) in [5, 5.41) is 13.9. The fourth-order valence-corrected chi connectivity index (χ4v) is 3.14. The highest BCUT2D eigenvalue weighted by molar-refractivity contribution is 6.31. The van der Waals surface area contributed by atoms with E-state index < -0.39 is 0 Å². The van der Waals surface area contributed by atoms with E-state index in [4.69, 9.17) is 21.4 Å². The van der Waals surface area contributed by atoms with Crippen molar-refractivity contribution in [2.24, 2.45) is 0 Å². The van der Waals surface area contributed by atoms with Gasteiger partial charge in [0.25, 0.3) is 0 Å². The van der Waals surface area contributed by atoms with Crippen molar-refractivity contribution in [1.29, 1.82) is 0 Å². The standard InChI is InChI=1S/C17H18ClN5O/c1-22(11-12-5-2-3-6-13(12)18)16-9-8-15-19-20-17(23(15)21-16)14-7-4-10-24-14/h2-3,5-6,8-9,14H,4,7,10-11H2,1H3. The van der Waals surface area contributed by atoms with Crippen molar-refractivity contribution in [2.45, 2.75) is 25.5 Å². The van der Waals surface area contributed by atoms with Gasteiger partial charge in [-0.2, -0.15) is 4.52 Å². The van der Waals surface area contributed by atoms with Crippen molar-refractivity contribution >= 4 is 23.1 Å². The lowest BCUT2D eigenvalue weighted by atomic mass is 10.2. The zero-order chi connectivity index (χ0) is 16.5. The average Bonchev–Trinajstić information content (AvgIpc) is 3.25. The van der Waals surface area contributed by atoms with Crippen LogP contribution < -0.4 is 4.90 Å². The van der Waals surface area contributed by atoms with Crippen LogP contribution >= 0.6 is 11.6 Å². The van der Waals surface area contributed by atoms with E-state index in [0.29, 0.717) is 6.54 Å². The maximum absolute atomic E-state index is 6.26. The fourth-order valence-electron chi connectivity index (χ4n) is 2.94. The molecule has 1 atom stereocenters. The summed E-state index contributed by atoms with van der Waals surface area (Å²) >= 11 is 6.26. The summed E-state index contributed by atoms with van der Waals surface area (Å²) in [4.78, 5) is 2.06. The van der Waals surface area contributed by atoms with Crippen LogP contribution in [0.2, 0.25) is 5.02 Å². The Labute approximate surface area is 145 Å². The van der Waals surface area contributed by atoms with Crippen LogP contribution in [0.25, 0.3) is 5.65 Å². The van der Waals surface area contributed by atoms with Crippen LogP contribution in [0.4, 0.5) is 5.82 Å². The van der Waals surface area contributed by atoms with Gasteiger partial charge in [-0.1, -0.05) is 29.8 Å². The van der Waals surface area contributed by atoms with E-state index in [1.807, 2.05) is 43.4 Å². The van der Waals surface area contributed by atoms with Gasteiger partial charge in [-0.25, -0.2) is 0 Å². The molecule has 0 radical (unpaired) electrons. The molecule has 0 N–H and O–H groups in total. The van der Waals surface area contributed by atoms with Crippen molar-refractivity contribution in [1.82, 2.24) is 19.8 Å². The first-order chi connectivity index (χ1) is 11.7. The van der Waals surface area contributed by atoms with Gasteiger partial charge in [-0.05, 0) is 36.6 Å². The van der Waals surface area contributed by atoms with Gasteiger partial charge in [0, 0.05) is 25.2 Å². The van der Waals surface area contributed by atoms with Gasteiger partial charge < -0.3 is 9.64 Å². The lowest BCUT2D eigenvalue weighted by Crippen LogP contribution is -2.19. The highest BCUT2D eigenvalue weighted by Crippen LogP contribution is 2.27. The molecule has 3 heterocycles. The summed E-state index contributed by atoms with van der Waals surface area (Å²) in [5.74, 6) is 1.61. The smallest absolute Gasteiger partial charge is 0.183 e. The van der Waals surface area contributed by atoms with E-state index in [0.717, 1.165) is 47.3 Å². The van der Waals surface area contributed by atoms with E-state index >= 15 is 0 Å². The minimum atomic E-state index is -0.0170. The third kappa shape index (κ3) is 2.83. The maximum atomic E-state index is 6.26. The molecule has 1 aromatic carbocycles. The average molecular weight is 344 g/mol. The predicted octanol–water partition coefficient (Wildman–Crippen LogP) is 3.27. The molecule has 1 saturated heterocycles. The first kappa shape index (κ1) is 15.4. The second kappa shape index (κ2) is 6.37. The topological polar surface area (TPSA) is 55.5 Å². The minimum Gasteiger partial charge on any atom is -0.370 e. The number of halogens is 1. The van der Waals surface area contributed by atoms with Crippen molar-refractivity contribution in [3.8, 4) is 0 Å². The zero-order valence-corrected chi connectivity index (χ0v) is 14.1. The molecule has 0 bridgehead atoms.